The largest absolute Gasteiger partial charge is 0.478 e. The second-order valence-corrected chi connectivity index (χ2v) is 7.27. The highest BCUT2D eigenvalue weighted by Crippen LogP contribution is 2.25. The van der Waals surface area contributed by atoms with Crippen LogP contribution in [0.5, 0.6) is 0 Å². The molecule has 0 unspecified atom stereocenters. The molecular weight excluding hydrogens is 280 g/mol. The molecule has 0 amide bonds. The lowest BCUT2D eigenvalue weighted by molar-refractivity contribution is 0.0697. The van der Waals surface area contributed by atoms with E-state index >= 15 is 0 Å². The summed E-state index contributed by atoms with van der Waals surface area (Å²) in [7, 11) is -3.94. The summed E-state index contributed by atoms with van der Waals surface area (Å²) in [5.74, 6) is -4.27. The van der Waals surface area contributed by atoms with E-state index in [4.69, 9.17) is 5.11 Å². The Morgan fingerprint density at radius 3 is 2.11 bits per heavy atom. The van der Waals surface area contributed by atoms with E-state index in [2.05, 4.69) is 0 Å². The van der Waals surface area contributed by atoms with Crippen molar-refractivity contribution < 1.29 is 27.1 Å². The average molecular weight is 293 g/mol. The number of aromatic carboxylic acids is 1. The van der Waals surface area contributed by atoms with Crippen molar-refractivity contribution in [2.75, 3.05) is 4.72 Å². The van der Waals surface area contributed by atoms with Gasteiger partial charge in [-0.1, -0.05) is 0 Å². The van der Waals surface area contributed by atoms with Crippen LogP contribution in [0.2, 0.25) is 0 Å². The number of rotatable bonds is 3. The molecule has 8 heteroatoms. The van der Waals surface area contributed by atoms with E-state index in [1.54, 1.807) is 0 Å². The van der Waals surface area contributed by atoms with E-state index in [1.165, 1.54) is 20.8 Å². The number of carbonyl (C=O) groups is 1. The molecule has 0 aliphatic carbocycles. The van der Waals surface area contributed by atoms with Gasteiger partial charge in [0.05, 0.1) is 16.0 Å². The maximum atomic E-state index is 13.1. The number of sulfonamides is 1. The smallest absolute Gasteiger partial charge is 0.337 e. The normalized spacial score (nSPS) is 12.3. The van der Waals surface area contributed by atoms with E-state index in [0.717, 1.165) is 0 Å². The molecular formula is C11H13F2NO4S. The first-order chi connectivity index (χ1) is 8.45. The first-order valence-electron chi connectivity index (χ1n) is 5.20. The van der Waals surface area contributed by atoms with Gasteiger partial charge in [-0.05, 0) is 26.8 Å². The molecule has 0 spiro atoms. The monoisotopic (exact) mass is 293 g/mol. The van der Waals surface area contributed by atoms with E-state index < -0.39 is 43.6 Å². The summed E-state index contributed by atoms with van der Waals surface area (Å²) in [6, 6.07) is 0.931. The van der Waals surface area contributed by atoms with Crippen molar-refractivity contribution in [2.45, 2.75) is 25.5 Å². The van der Waals surface area contributed by atoms with Crippen LogP contribution in [0.15, 0.2) is 12.1 Å². The number of carboxylic acid groups (broad SMARTS) is 1. The highest BCUT2D eigenvalue weighted by atomic mass is 32.2. The third-order valence-corrected chi connectivity index (χ3v) is 4.44. The Kier molecular flexibility index (Phi) is 3.85. The van der Waals surface area contributed by atoms with Gasteiger partial charge in [-0.2, -0.15) is 0 Å². The molecule has 19 heavy (non-hydrogen) atoms. The average Bonchev–Trinajstić information content (AvgIpc) is 2.20. The molecule has 0 saturated heterocycles. The highest BCUT2D eigenvalue weighted by Gasteiger charge is 2.30. The molecule has 0 heterocycles. The Morgan fingerprint density at radius 2 is 1.68 bits per heavy atom. The zero-order valence-electron chi connectivity index (χ0n) is 10.5. The maximum absolute atomic E-state index is 13.1. The van der Waals surface area contributed by atoms with Crippen LogP contribution in [-0.2, 0) is 10.0 Å². The summed E-state index contributed by atoms with van der Waals surface area (Å²) in [4.78, 5) is 10.9. The van der Waals surface area contributed by atoms with Crippen LogP contribution in [-0.4, -0.2) is 24.2 Å². The van der Waals surface area contributed by atoms with Crippen LogP contribution in [0.4, 0.5) is 14.5 Å². The van der Waals surface area contributed by atoms with E-state index in [1.807, 2.05) is 4.72 Å². The molecule has 2 N–H and O–H groups in total. The summed E-state index contributed by atoms with van der Waals surface area (Å²) >= 11 is 0. The predicted molar refractivity (Wildman–Crippen MR) is 65.6 cm³/mol. The predicted octanol–water partition coefficient (Wildman–Crippen LogP) is 2.20. The Labute approximate surface area is 109 Å². The quantitative estimate of drug-likeness (QED) is 0.895. The number of hydrogen-bond acceptors (Lipinski definition) is 3. The fraction of sp³-hybridized carbons (Fsp3) is 0.364. The lowest BCUT2D eigenvalue weighted by atomic mass is 10.2. The van der Waals surface area contributed by atoms with Gasteiger partial charge in [0.25, 0.3) is 0 Å². The molecule has 106 valence electrons. The molecule has 0 radical (unpaired) electrons. The standard InChI is InChI=1S/C11H13F2NO4S/c1-11(2,3)19(17,18)14-9-5-8(13)7(12)4-6(9)10(15)16/h4-5,14H,1-3H3,(H,15,16). The summed E-state index contributed by atoms with van der Waals surface area (Å²) in [6.45, 7) is 4.15. The van der Waals surface area contributed by atoms with E-state index in [9.17, 15) is 22.0 Å². The van der Waals surface area contributed by atoms with Crippen LogP contribution >= 0.6 is 0 Å². The molecule has 0 aliphatic rings. The van der Waals surface area contributed by atoms with Crippen LogP contribution in [0.3, 0.4) is 0 Å². The van der Waals surface area contributed by atoms with Crippen molar-refractivity contribution in [3.05, 3.63) is 29.3 Å². The van der Waals surface area contributed by atoms with Crippen molar-refractivity contribution in [1.29, 1.82) is 0 Å². The third kappa shape index (κ3) is 3.19. The second-order valence-electron chi connectivity index (χ2n) is 4.83. The minimum absolute atomic E-state index is 0.429. The summed E-state index contributed by atoms with van der Waals surface area (Å²) in [5, 5.41) is 8.86. The molecule has 1 aromatic carbocycles. The fourth-order valence-corrected chi connectivity index (χ4v) is 1.87. The Bertz CT molecular complexity index is 620. The topological polar surface area (TPSA) is 83.5 Å². The van der Waals surface area contributed by atoms with Gasteiger partial charge in [0.2, 0.25) is 10.0 Å². The van der Waals surface area contributed by atoms with Crippen LogP contribution in [0.1, 0.15) is 31.1 Å². The lowest BCUT2D eigenvalue weighted by Gasteiger charge is -2.21. The minimum Gasteiger partial charge on any atom is -0.478 e. The van der Waals surface area contributed by atoms with E-state index in [-0.39, 0.29) is 0 Å². The van der Waals surface area contributed by atoms with Crippen LogP contribution in [0.25, 0.3) is 0 Å². The number of carboxylic acids is 1. The van der Waals surface area contributed by atoms with E-state index in [0.29, 0.717) is 12.1 Å². The lowest BCUT2D eigenvalue weighted by Crippen LogP contribution is -2.34. The number of hydrogen-bond donors (Lipinski definition) is 2. The van der Waals surface area contributed by atoms with Gasteiger partial charge in [0.15, 0.2) is 11.6 Å². The van der Waals surface area contributed by atoms with Gasteiger partial charge >= 0.3 is 5.97 Å². The molecule has 0 aliphatic heterocycles. The Morgan fingerprint density at radius 1 is 1.21 bits per heavy atom. The zero-order chi connectivity index (χ0) is 15.0. The number of anilines is 1. The fourth-order valence-electron chi connectivity index (χ4n) is 1.11. The summed E-state index contributed by atoms with van der Waals surface area (Å²) in [5.41, 5.74) is -1.17. The van der Waals surface area contributed by atoms with Gasteiger partial charge < -0.3 is 5.11 Å². The number of nitrogens with one attached hydrogen (secondary N) is 1. The minimum atomic E-state index is -3.94. The first kappa shape index (κ1) is 15.4. The van der Waals surface area contributed by atoms with Gasteiger partial charge in [-0.25, -0.2) is 22.0 Å². The first-order valence-corrected chi connectivity index (χ1v) is 6.69. The molecule has 5 nitrogen and oxygen atoms in total. The molecule has 0 atom stereocenters. The van der Waals surface area contributed by atoms with Gasteiger partial charge in [0.1, 0.15) is 0 Å². The molecule has 0 saturated carbocycles. The molecule has 1 rings (SSSR count). The molecule has 1 aromatic rings. The number of halogens is 2. The SMILES string of the molecule is CC(C)(C)S(=O)(=O)Nc1cc(F)c(F)cc1C(=O)O. The molecule has 0 bridgehead atoms. The Balaban J connectivity index is 3.37. The van der Waals surface area contributed by atoms with Crippen molar-refractivity contribution in [2.24, 2.45) is 0 Å². The number of benzene rings is 1. The summed E-state index contributed by atoms with van der Waals surface area (Å²) in [6.07, 6.45) is 0. The second kappa shape index (κ2) is 4.76. The molecule has 0 fully saturated rings. The van der Waals surface area contributed by atoms with Crippen LogP contribution in [0, 0.1) is 11.6 Å². The van der Waals surface area contributed by atoms with Crippen molar-refractivity contribution in [3.8, 4) is 0 Å². The Hall–Kier alpha value is -1.70. The zero-order valence-corrected chi connectivity index (χ0v) is 11.3. The summed E-state index contributed by atoms with van der Waals surface area (Å²) < 4.78 is 50.5. The highest BCUT2D eigenvalue weighted by molar-refractivity contribution is 7.94. The van der Waals surface area contributed by atoms with Crippen molar-refractivity contribution in [3.63, 3.8) is 0 Å². The third-order valence-electron chi connectivity index (χ3n) is 2.34. The molecule has 0 aromatic heterocycles. The maximum Gasteiger partial charge on any atom is 0.337 e. The van der Waals surface area contributed by atoms with Crippen LogP contribution < -0.4 is 4.72 Å². The van der Waals surface area contributed by atoms with Crippen molar-refractivity contribution >= 4 is 21.7 Å². The van der Waals surface area contributed by atoms with Gasteiger partial charge in [-0.15, -0.1) is 0 Å². The van der Waals surface area contributed by atoms with Crippen molar-refractivity contribution in [1.82, 2.24) is 0 Å². The van der Waals surface area contributed by atoms with Gasteiger partial charge in [0, 0.05) is 6.07 Å². The van der Waals surface area contributed by atoms with Gasteiger partial charge in [-0.3, -0.25) is 4.72 Å².